The predicted molar refractivity (Wildman–Crippen MR) is 122 cm³/mol. The number of rotatable bonds is 5. The molecule has 5 aromatic rings. The number of fused-ring (bicyclic) bond motifs is 6. The molecule has 1 amide bonds. The Morgan fingerprint density at radius 3 is 2.69 bits per heavy atom. The van der Waals surface area contributed by atoms with Crippen LogP contribution in [-0.2, 0) is 0 Å². The highest BCUT2D eigenvalue weighted by molar-refractivity contribution is 7.99. The van der Waals surface area contributed by atoms with E-state index in [0.29, 0.717) is 37.8 Å². The van der Waals surface area contributed by atoms with E-state index in [0.717, 1.165) is 10.4 Å². The predicted octanol–water partition coefficient (Wildman–Crippen LogP) is 3.57. The molecule has 7 nitrogen and oxygen atoms in total. The number of aliphatic hydroxyl groups is 1. The van der Waals surface area contributed by atoms with Crippen LogP contribution in [0, 0.1) is 5.82 Å². The van der Waals surface area contributed by atoms with Crippen molar-refractivity contribution in [3.8, 4) is 0 Å². The number of nitrogens with zero attached hydrogens (tertiary/aromatic N) is 1. The van der Waals surface area contributed by atoms with E-state index in [1.54, 1.807) is 30.5 Å². The van der Waals surface area contributed by atoms with Crippen LogP contribution < -0.4 is 10.9 Å². The number of halogens is 1. The quantitative estimate of drug-likeness (QED) is 0.307. The number of pyridine rings is 1. The van der Waals surface area contributed by atoms with Gasteiger partial charge < -0.3 is 20.4 Å². The number of H-pyrrole nitrogens is 2. The van der Waals surface area contributed by atoms with E-state index in [9.17, 15) is 14.0 Å². The minimum absolute atomic E-state index is 0.117. The van der Waals surface area contributed by atoms with E-state index >= 15 is 0 Å². The average molecular weight is 448 g/mol. The third-order valence-corrected chi connectivity index (χ3v) is 6.04. The lowest BCUT2D eigenvalue weighted by Crippen LogP contribution is -2.26. The molecule has 0 fully saturated rings. The van der Waals surface area contributed by atoms with Gasteiger partial charge in [0.2, 0.25) is 0 Å². The van der Waals surface area contributed by atoms with Crippen molar-refractivity contribution < 1.29 is 14.3 Å². The van der Waals surface area contributed by atoms with Crippen molar-refractivity contribution in [2.45, 2.75) is 10.1 Å². The summed E-state index contributed by atoms with van der Waals surface area (Å²) >= 11 is 1.38. The molecule has 0 aliphatic heterocycles. The van der Waals surface area contributed by atoms with Crippen LogP contribution in [0.4, 0.5) is 4.39 Å². The van der Waals surface area contributed by atoms with Crippen LogP contribution in [0.2, 0.25) is 0 Å². The Morgan fingerprint density at radius 2 is 1.91 bits per heavy atom. The maximum atomic E-state index is 14.0. The fraction of sp³-hybridized carbons (Fsp3) is 0.0870. The lowest BCUT2D eigenvalue weighted by atomic mass is 10.0. The molecule has 4 N–H and O–H groups in total. The molecule has 0 aliphatic rings. The number of aliphatic hydroxyl groups excluding tert-OH is 1. The molecule has 0 aliphatic carbocycles. The lowest BCUT2D eigenvalue weighted by molar-refractivity contribution is 0.0944. The first-order valence-corrected chi connectivity index (χ1v) is 10.7. The van der Waals surface area contributed by atoms with Crippen molar-refractivity contribution >= 4 is 50.2 Å². The molecule has 0 saturated carbocycles. The van der Waals surface area contributed by atoms with Gasteiger partial charge in [0.1, 0.15) is 5.82 Å². The molecule has 3 aromatic carbocycles. The number of aromatic amines is 2. The summed E-state index contributed by atoms with van der Waals surface area (Å²) in [5.74, 6) is -0.673. The van der Waals surface area contributed by atoms with Gasteiger partial charge in [-0.05, 0) is 48.5 Å². The summed E-state index contributed by atoms with van der Waals surface area (Å²) < 4.78 is 14.0. The highest BCUT2D eigenvalue weighted by Crippen LogP contribution is 2.35. The second kappa shape index (κ2) is 8.10. The van der Waals surface area contributed by atoms with Gasteiger partial charge in [-0.25, -0.2) is 9.37 Å². The summed E-state index contributed by atoms with van der Waals surface area (Å²) in [6, 6.07) is 13.1. The minimum atomic E-state index is -0.418. The SMILES string of the molecule is O=C(NCCO)c1ccc(Sc2nc3c4cc[nH]c(=O)c4c4cc(F)ccc4c3[nH]2)cc1. The number of benzene rings is 3. The molecule has 2 aromatic heterocycles. The van der Waals surface area contributed by atoms with Crippen molar-refractivity contribution in [2.24, 2.45) is 0 Å². The zero-order chi connectivity index (χ0) is 22.2. The highest BCUT2D eigenvalue weighted by atomic mass is 32.2. The molecule has 0 bridgehead atoms. The van der Waals surface area contributed by atoms with Crippen molar-refractivity contribution in [1.82, 2.24) is 20.3 Å². The molecular formula is C23H17FN4O3S. The number of amides is 1. The van der Waals surface area contributed by atoms with Gasteiger partial charge in [-0.15, -0.1) is 0 Å². The molecule has 0 atom stereocenters. The largest absolute Gasteiger partial charge is 0.395 e. The summed E-state index contributed by atoms with van der Waals surface area (Å²) in [7, 11) is 0. The smallest absolute Gasteiger partial charge is 0.256 e. The second-order valence-corrected chi connectivity index (χ2v) is 8.22. The van der Waals surface area contributed by atoms with Gasteiger partial charge in [0.25, 0.3) is 11.5 Å². The van der Waals surface area contributed by atoms with Gasteiger partial charge in [-0.3, -0.25) is 9.59 Å². The molecule has 32 heavy (non-hydrogen) atoms. The van der Waals surface area contributed by atoms with Gasteiger partial charge >= 0.3 is 0 Å². The van der Waals surface area contributed by atoms with Crippen LogP contribution >= 0.6 is 11.8 Å². The fourth-order valence-electron chi connectivity index (χ4n) is 3.73. The highest BCUT2D eigenvalue weighted by Gasteiger charge is 2.16. The van der Waals surface area contributed by atoms with Crippen molar-refractivity contribution in [2.75, 3.05) is 13.2 Å². The van der Waals surface area contributed by atoms with E-state index < -0.39 is 5.82 Å². The Balaban J connectivity index is 1.58. The second-order valence-electron chi connectivity index (χ2n) is 7.16. The molecule has 0 saturated heterocycles. The third-order valence-electron chi connectivity index (χ3n) is 5.15. The number of nitrogens with one attached hydrogen (secondary N) is 3. The van der Waals surface area contributed by atoms with Crippen molar-refractivity contribution in [3.05, 3.63) is 76.5 Å². The number of hydrogen-bond donors (Lipinski definition) is 4. The Kier molecular flexibility index (Phi) is 5.12. The van der Waals surface area contributed by atoms with Gasteiger partial charge in [-0.2, -0.15) is 0 Å². The van der Waals surface area contributed by atoms with Gasteiger partial charge in [0.15, 0.2) is 5.16 Å². The average Bonchev–Trinajstić information content (AvgIpc) is 3.22. The van der Waals surface area contributed by atoms with Gasteiger partial charge in [0, 0.05) is 39.4 Å². The first kappa shape index (κ1) is 20.2. The van der Waals surface area contributed by atoms with Crippen LogP contribution in [0.3, 0.4) is 0 Å². The monoisotopic (exact) mass is 448 g/mol. The number of carbonyl (C=O) groups excluding carboxylic acids is 1. The van der Waals surface area contributed by atoms with Gasteiger partial charge in [-0.1, -0.05) is 11.8 Å². The fourth-order valence-corrected chi connectivity index (χ4v) is 4.52. The van der Waals surface area contributed by atoms with Crippen molar-refractivity contribution in [1.29, 1.82) is 0 Å². The maximum Gasteiger partial charge on any atom is 0.256 e. The normalized spacial score (nSPS) is 11.4. The van der Waals surface area contributed by atoms with E-state index in [2.05, 4.69) is 15.3 Å². The van der Waals surface area contributed by atoms with Crippen LogP contribution in [0.25, 0.3) is 32.6 Å². The summed E-state index contributed by atoms with van der Waals surface area (Å²) in [6.07, 6.45) is 1.55. The summed E-state index contributed by atoms with van der Waals surface area (Å²) in [6.45, 7) is 0.0799. The number of carbonyl (C=O) groups is 1. The summed E-state index contributed by atoms with van der Waals surface area (Å²) in [4.78, 5) is 36.0. The topological polar surface area (TPSA) is 111 Å². The summed E-state index contributed by atoms with van der Waals surface area (Å²) in [5, 5.41) is 14.3. The van der Waals surface area contributed by atoms with E-state index in [1.807, 2.05) is 12.1 Å². The molecule has 0 spiro atoms. The van der Waals surface area contributed by atoms with Gasteiger partial charge in [0.05, 0.1) is 23.0 Å². The molecule has 160 valence electrons. The van der Waals surface area contributed by atoms with Crippen molar-refractivity contribution in [3.63, 3.8) is 0 Å². The summed E-state index contributed by atoms with van der Waals surface area (Å²) in [5.41, 5.74) is 1.55. The molecule has 0 unspecified atom stereocenters. The Hall–Kier alpha value is -3.69. The first-order chi connectivity index (χ1) is 15.5. The Bertz CT molecular complexity index is 1540. The lowest BCUT2D eigenvalue weighted by Gasteiger charge is -2.05. The van der Waals surface area contributed by atoms with Crippen LogP contribution in [0.1, 0.15) is 10.4 Å². The van der Waals surface area contributed by atoms with Crippen LogP contribution in [-0.4, -0.2) is 39.1 Å². The molecule has 2 heterocycles. The maximum absolute atomic E-state index is 14.0. The Morgan fingerprint density at radius 1 is 1.09 bits per heavy atom. The first-order valence-electron chi connectivity index (χ1n) is 9.84. The van der Waals surface area contributed by atoms with E-state index in [-0.39, 0.29) is 24.6 Å². The molecule has 0 radical (unpaired) electrons. The molecule has 9 heteroatoms. The minimum Gasteiger partial charge on any atom is -0.395 e. The molecule has 5 rings (SSSR count). The number of hydrogen-bond acceptors (Lipinski definition) is 5. The zero-order valence-corrected chi connectivity index (χ0v) is 17.4. The number of aromatic nitrogens is 3. The standard InChI is InChI=1S/C23H17FN4O3S/c24-13-3-6-15-17(11-13)18-16(7-8-25-22(18)31)20-19(15)27-23(28-20)32-14-4-1-12(2-5-14)21(30)26-9-10-29/h1-8,11,29H,9-10H2,(H,25,31)(H,26,30)(H,27,28). The number of imidazole rings is 1. The third kappa shape index (κ3) is 3.51. The van der Waals surface area contributed by atoms with Crippen LogP contribution in [0.15, 0.2) is 69.6 Å². The van der Waals surface area contributed by atoms with Crippen LogP contribution in [0.5, 0.6) is 0 Å². The van der Waals surface area contributed by atoms with E-state index in [1.165, 1.54) is 23.9 Å². The van der Waals surface area contributed by atoms with E-state index in [4.69, 9.17) is 10.1 Å². The Labute approximate surface area is 184 Å². The molecular weight excluding hydrogens is 431 g/mol. The zero-order valence-electron chi connectivity index (χ0n) is 16.6.